The molecule has 1 fully saturated rings. The first kappa shape index (κ1) is 19.6. The quantitative estimate of drug-likeness (QED) is 0.806. The lowest BCUT2D eigenvalue weighted by Gasteiger charge is -2.31. The Labute approximate surface area is 167 Å². The molecule has 8 heteroatoms. The first-order valence-electron chi connectivity index (χ1n) is 8.93. The second-order valence-corrected chi connectivity index (χ2v) is 8.20. The van der Waals surface area contributed by atoms with Gasteiger partial charge in [-0.05, 0) is 44.4 Å². The lowest BCUT2D eigenvalue weighted by Crippen LogP contribution is -2.44. The van der Waals surface area contributed by atoms with E-state index in [1.54, 1.807) is 22.3 Å². The Morgan fingerprint density at radius 3 is 2.67 bits per heavy atom. The highest BCUT2D eigenvalue weighted by Gasteiger charge is 2.27. The Hall–Kier alpha value is -2.12. The summed E-state index contributed by atoms with van der Waals surface area (Å²) in [6.45, 7) is 5.43. The van der Waals surface area contributed by atoms with Gasteiger partial charge in [0.2, 0.25) is 5.91 Å². The zero-order valence-corrected chi connectivity index (χ0v) is 17.0. The molecule has 1 aromatic heterocycles. The second kappa shape index (κ2) is 8.71. The van der Waals surface area contributed by atoms with E-state index in [1.165, 1.54) is 0 Å². The molecule has 2 aromatic rings. The molecule has 27 heavy (non-hydrogen) atoms. The third-order valence-electron chi connectivity index (χ3n) is 4.69. The van der Waals surface area contributed by atoms with Gasteiger partial charge in [-0.3, -0.25) is 4.79 Å². The maximum Gasteiger partial charge on any atom is 0.321 e. The van der Waals surface area contributed by atoms with Crippen molar-refractivity contribution in [3.63, 3.8) is 0 Å². The molecule has 1 saturated heterocycles. The van der Waals surface area contributed by atoms with E-state index in [2.05, 4.69) is 15.6 Å². The smallest absolute Gasteiger partial charge is 0.321 e. The summed E-state index contributed by atoms with van der Waals surface area (Å²) in [5, 5.41) is 9.39. The van der Waals surface area contributed by atoms with Crippen LogP contribution in [0.15, 0.2) is 23.6 Å². The first-order valence-corrected chi connectivity index (χ1v) is 10.2. The maximum atomic E-state index is 12.4. The van der Waals surface area contributed by atoms with Gasteiger partial charge in [0.15, 0.2) is 0 Å². The summed E-state index contributed by atoms with van der Waals surface area (Å²) in [5.41, 5.74) is 2.53. The van der Waals surface area contributed by atoms with E-state index < -0.39 is 0 Å². The molecule has 0 unspecified atom stereocenters. The molecule has 144 valence electrons. The number of hydrogen-bond acceptors (Lipinski definition) is 4. The number of likely N-dealkylation sites (tertiary alicyclic amines) is 1. The number of amides is 3. The summed E-state index contributed by atoms with van der Waals surface area (Å²) in [7, 11) is 0. The summed E-state index contributed by atoms with van der Waals surface area (Å²) in [5.74, 6) is -0.0337. The van der Waals surface area contributed by atoms with E-state index in [9.17, 15) is 9.59 Å². The standard InChI is InChI=1S/C19H23ClN4O2S/c1-12-3-4-15(9-17(12)20)23-19(26)24-7-5-14(6-8-24)18(25)21-10-16-11-27-13(2)22-16/h3-4,9,11,14H,5-8,10H2,1-2H3,(H,21,25)(H,23,26). The lowest BCUT2D eigenvalue weighted by atomic mass is 9.96. The average Bonchev–Trinajstić information content (AvgIpc) is 3.08. The van der Waals surface area contributed by atoms with Crippen molar-refractivity contribution < 1.29 is 9.59 Å². The Kier molecular flexibility index (Phi) is 6.34. The van der Waals surface area contributed by atoms with E-state index in [1.807, 2.05) is 31.4 Å². The fourth-order valence-corrected chi connectivity index (χ4v) is 3.82. The molecule has 2 heterocycles. The minimum atomic E-state index is -0.160. The molecule has 0 saturated carbocycles. The van der Waals surface area contributed by atoms with Crippen LogP contribution in [0.4, 0.5) is 10.5 Å². The molecule has 3 rings (SSSR count). The number of rotatable bonds is 4. The van der Waals surface area contributed by atoms with Crippen molar-refractivity contribution in [2.45, 2.75) is 33.2 Å². The van der Waals surface area contributed by atoms with E-state index in [0.717, 1.165) is 16.3 Å². The molecular weight excluding hydrogens is 384 g/mol. The van der Waals surface area contributed by atoms with Crippen LogP contribution in [0.25, 0.3) is 0 Å². The van der Waals surface area contributed by atoms with Crippen LogP contribution in [0.5, 0.6) is 0 Å². The number of aromatic nitrogens is 1. The van der Waals surface area contributed by atoms with Crippen LogP contribution in [0, 0.1) is 19.8 Å². The number of thiazole rings is 1. The number of halogens is 1. The SMILES string of the molecule is Cc1nc(CNC(=O)C2CCN(C(=O)Nc3ccc(C)c(Cl)c3)CC2)cs1. The van der Waals surface area contributed by atoms with Crippen molar-refractivity contribution in [3.05, 3.63) is 44.9 Å². The van der Waals surface area contributed by atoms with Gasteiger partial charge in [0, 0.05) is 35.1 Å². The van der Waals surface area contributed by atoms with Gasteiger partial charge in [0.05, 0.1) is 17.2 Å². The maximum absolute atomic E-state index is 12.4. The Balaban J connectivity index is 1.45. The molecule has 6 nitrogen and oxygen atoms in total. The molecule has 0 aliphatic carbocycles. The molecular formula is C19H23ClN4O2S. The summed E-state index contributed by atoms with van der Waals surface area (Å²) in [6.07, 6.45) is 1.31. The van der Waals surface area contributed by atoms with Crippen LogP contribution in [0.1, 0.15) is 29.1 Å². The van der Waals surface area contributed by atoms with Gasteiger partial charge in [0.1, 0.15) is 0 Å². The summed E-state index contributed by atoms with van der Waals surface area (Å²) in [6, 6.07) is 5.29. The summed E-state index contributed by atoms with van der Waals surface area (Å²) < 4.78 is 0. The Bertz CT molecular complexity index is 831. The van der Waals surface area contributed by atoms with Crippen LogP contribution >= 0.6 is 22.9 Å². The average molecular weight is 407 g/mol. The number of carbonyl (C=O) groups is 2. The molecule has 0 spiro atoms. The molecule has 0 bridgehead atoms. The fourth-order valence-electron chi connectivity index (χ4n) is 3.03. The van der Waals surface area contributed by atoms with Crippen molar-refractivity contribution in [2.24, 2.45) is 5.92 Å². The first-order chi connectivity index (χ1) is 12.9. The van der Waals surface area contributed by atoms with E-state index >= 15 is 0 Å². The van der Waals surface area contributed by atoms with Gasteiger partial charge < -0.3 is 15.5 Å². The van der Waals surface area contributed by atoms with Gasteiger partial charge in [0.25, 0.3) is 0 Å². The summed E-state index contributed by atoms with van der Waals surface area (Å²) >= 11 is 7.67. The zero-order valence-electron chi connectivity index (χ0n) is 15.4. The predicted molar refractivity (Wildman–Crippen MR) is 108 cm³/mol. The second-order valence-electron chi connectivity index (χ2n) is 6.73. The Morgan fingerprint density at radius 2 is 2.04 bits per heavy atom. The molecule has 1 aromatic carbocycles. The highest BCUT2D eigenvalue weighted by molar-refractivity contribution is 7.09. The number of piperidine rings is 1. The fraction of sp³-hybridized carbons (Fsp3) is 0.421. The lowest BCUT2D eigenvalue weighted by molar-refractivity contribution is -0.126. The molecule has 0 atom stereocenters. The molecule has 1 aliphatic rings. The van der Waals surface area contributed by atoms with Crippen LogP contribution in [0.2, 0.25) is 5.02 Å². The van der Waals surface area contributed by atoms with Crippen LogP contribution < -0.4 is 10.6 Å². The van der Waals surface area contributed by atoms with E-state index in [0.29, 0.717) is 43.2 Å². The van der Waals surface area contributed by atoms with Gasteiger partial charge >= 0.3 is 6.03 Å². The van der Waals surface area contributed by atoms with Crippen LogP contribution in [-0.4, -0.2) is 34.9 Å². The molecule has 0 radical (unpaired) electrons. The number of nitrogens with zero attached hydrogens (tertiary/aromatic N) is 2. The summed E-state index contributed by atoms with van der Waals surface area (Å²) in [4.78, 5) is 30.8. The van der Waals surface area contributed by atoms with Crippen molar-refractivity contribution >= 4 is 40.6 Å². The zero-order chi connectivity index (χ0) is 19.4. The molecule has 1 aliphatic heterocycles. The number of anilines is 1. The van der Waals surface area contributed by atoms with Crippen LogP contribution in [-0.2, 0) is 11.3 Å². The third-order valence-corrected chi connectivity index (χ3v) is 5.92. The highest BCUT2D eigenvalue weighted by Crippen LogP contribution is 2.22. The van der Waals surface area contributed by atoms with Crippen molar-refractivity contribution in [1.29, 1.82) is 0 Å². The minimum Gasteiger partial charge on any atom is -0.350 e. The highest BCUT2D eigenvalue weighted by atomic mass is 35.5. The minimum absolute atomic E-state index is 0.0334. The van der Waals surface area contributed by atoms with Gasteiger partial charge in [-0.2, -0.15) is 0 Å². The Morgan fingerprint density at radius 1 is 1.30 bits per heavy atom. The largest absolute Gasteiger partial charge is 0.350 e. The topological polar surface area (TPSA) is 74.3 Å². The number of hydrogen-bond donors (Lipinski definition) is 2. The van der Waals surface area contributed by atoms with Gasteiger partial charge in [-0.15, -0.1) is 11.3 Å². The van der Waals surface area contributed by atoms with Crippen LogP contribution in [0.3, 0.4) is 0 Å². The molecule has 3 amide bonds. The van der Waals surface area contributed by atoms with Gasteiger partial charge in [-0.1, -0.05) is 17.7 Å². The number of aryl methyl sites for hydroxylation is 2. The van der Waals surface area contributed by atoms with Crippen molar-refractivity contribution in [1.82, 2.24) is 15.2 Å². The third kappa shape index (κ3) is 5.20. The predicted octanol–water partition coefficient (Wildman–Crippen LogP) is 3.97. The van der Waals surface area contributed by atoms with Gasteiger partial charge in [-0.25, -0.2) is 9.78 Å². The van der Waals surface area contributed by atoms with Crippen molar-refractivity contribution in [3.8, 4) is 0 Å². The van der Waals surface area contributed by atoms with E-state index in [-0.39, 0.29) is 17.9 Å². The number of benzene rings is 1. The van der Waals surface area contributed by atoms with E-state index in [4.69, 9.17) is 11.6 Å². The number of urea groups is 1. The number of carbonyl (C=O) groups excluding carboxylic acids is 2. The van der Waals surface area contributed by atoms with Crippen molar-refractivity contribution in [2.75, 3.05) is 18.4 Å². The number of nitrogens with one attached hydrogen (secondary N) is 2. The monoisotopic (exact) mass is 406 g/mol. The normalized spacial score (nSPS) is 14.9. The molecule has 2 N–H and O–H groups in total.